The number of esters is 1. The van der Waals surface area contributed by atoms with Crippen LogP contribution in [0.1, 0.15) is 151 Å². The second-order valence-electron chi connectivity index (χ2n) is 14.8. The van der Waals surface area contributed by atoms with Crippen molar-refractivity contribution < 1.29 is 9.53 Å². The highest BCUT2D eigenvalue weighted by atomic mass is 16.5. The van der Waals surface area contributed by atoms with Crippen molar-refractivity contribution >= 4 is 5.97 Å². The van der Waals surface area contributed by atoms with Crippen LogP contribution in [0.5, 0.6) is 0 Å². The van der Waals surface area contributed by atoms with Crippen molar-refractivity contribution in [3.63, 3.8) is 0 Å². The van der Waals surface area contributed by atoms with Gasteiger partial charge in [-0.1, -0.05) is 98.1 Å². The second kappa shape index (κ2) is 12.6. The Labute approximate surface area is 230 Å². The summed E-state index contributed by atoms with van der Waals surface area (Å²) in [4.78, 5) is 12.5. The SMILES string of the molecule is CCCCCCCC(=O)O[C@H]1CC[C@@]2(C)C(=CC[C@@H]3[C@H]4CC[C@@H]([C@H](C)CCCC(C)C)[C@]4(C)CC[C@H]32)C1. The molecule has 0 aromatic heterocycles. The number of ether oxygens (including phenoxy) is 1. The second-order valence-corrected chi connectivity index (χ2v) is 14.8. The van der Waals surface area contributed by atoms with Gasteiger partial charge in [-0.25, -0.2) is 0 Å². The van der Waals surface area contributed by atoms with E-state index in [1.165, 1.54) is 77.0 Å². The lowest BCUT2D eigenvalue weighted by molar-refractivity contribution is -0.151. The molecule has 8 atom stereocenters. The first kappa shape index (κ1) is 29.2. The Balaban J connectivity index is 1.34. The van der Waals surface area contributed by atoms with E-state index in [9.17, 15) is 4.79 Å². The minimum atomic E-state index is 0.0485. The van der Waals surface area contributed by atoms with Crippen LogP contribution in [-0.4, -0.2) is 12.1 Å². The largest absolute Gasteiger partial charge is 0.462 e. The summed E-state index contributed by atoms with van der Waals surface area (Å²) >= 11 is 0. The summed E-state index contributed by atoms with van der Waals surface area (Å²) in [6.07, 6.45) is 23.9. The molecule has 37 heavy (non-hydrogen) atoms. The van der Waals surface area contributed by atoms with Crippen LogP contribution in [0.4, 0.5) is 0 Å². The maximum absolute atomic E-state index is 12.5. The molecule has 4 aliphatic rings. The molecule has 0 N–H and O–H groups in total. The number of hydrogen-bond acceptors (Lipinski definition) is 2. The fourth-order valence-electron chi connectivity index (χ4n) is 9.87. The van der Waals surface area contributed by atoms with E-state index in [2.05, 4.69) is 47.6 Å². The Morgan fingerprint density at radius 2 is 1.73 bits per heavy atom. The first-order valence-corrected chi connectivity index (χ1v) is 16.6. The van der Waals surface area contributed by atoms with Gasteiger partial charge in [0.1, 0.15) is 6.10 Å². The summed E-state index contributed by atoms with van der Waals surface area (Å²) < 4.78 is 6.02. The molecule has 3 saturated carbocycles. The van der Waals surface area contributed by atoms with Crippen LogP contribution >= 0.6 is 0 Å². The molecule has 0 aliphatic heterocycles. The van der Waals surface area contributed by atoms with Crippen LogP contribution < -0.4 is 0 Å². The highest BCUT2D eigenvalue weighted by molar-refractivity contribution is 5.69. The van der Waals surface area contributed by atoms with Gasteiger partial charge in [-0.3, -0.25) is 4.79 Å². The normalized spacial score (nSPS) is 37.9. The number of carbonyl (C=O) groups is 1. The van der Waals surface area contributed by atoms with Gasteiger partial charge >= 0.3 is 5.97 Å². The predicted octanol–water partition coefficient (Wildman–Crippen LogP) is 10.3. The van der Waals surface area contributed by atoms with Crippen LogP contribution in [-0.2, 0) is 9.53 Å². The van der Waals surface area contributed by atoms with Crippen molar-refractivity contribution in [2.75, 3.05) is 0 Å². The van der Waals surface area contributed by atoms with Gasteiger partial charge in [0.05, 0.1) is 0 Å². The third-order valence-electron chi connectivity index (χ3n) is 12.0. The smallest absolute Gasteiger partial charge is 0.306 e. The molecule has 0 saturated heterocycles. The van der Waals surface area contributed by atoms with Gasteiger partial charge in [0.25, 0.3) is 0 Å². The molecule has 0 amide bonds. The van der Waals surface area contributed by atoms with E-state index in [-0.39, 0.29) is 12.1 Å². The van der Waals surface area contributed by atoms with Crippen molar-refractivity contribution in [3.05, 3.63) is 11.6 Å². The zero-order valence-corrected chi connectivity index (χ0v) is 25.5. The summed E-state index contributed by atoms with van der Waals surface area (Å²) in [5, 5.41) is 0. The topological polar surface area (TPSA) is 26.3 Å². The fourth-order valence-corrected chi connectivity index (χ4v) is 9.87. The minimum absolute atomic E-state index is 0.0485. The Hall–Kier alpha value is -0.790. The van der Waals surface area contributed by atoms with Crippen molar-refractivity contribution in [2.24, 2.45) is 46.3 Å². The minimum Gasteiger partial charge on any atom is -0.462 e. The molecule has 4 rings (SSSR count). The van der Waals surface area contributed by atoms with E-state index >= 15 is 0 Å². The summed E-state index contributed by atoms with van der Waals surface area (Å²) in [7, 11) is 0. The molecule has 0 bridgehead atoms. The van der Waals surface area contributed by atoms with E-state index in [1.807, 2.05) is 0 Å². The number of fused-ring (bicyclic) bond motifs is 5. The maximum atomic E-state index is 12.5. The highest BCUT2D eigenvalue weighted by Crippen LogP contribution is 2.67. The molecule has 3 fully saturated rings. The molecule has 0 spiro atoms. The highest BCUT2D eigenvalue weighted by Gasteiger charge is 2.59. The predicted molar refractivity (Wildman–Crippen MR) is 156 cm³/mol. The molecule has 0 radical (unpaired) electrons. The van der Waals surface area contributed by atoms with E-state index < -0.39 is 0 Å². The lowest BCUT2D eigenvalue weighted by Crippen LogP contribution is -2.51. The van der Waals surface area contributed by atoms with Gasteiger partial charge in [0.2, 0.25) is 0 Å². The number of hydrogen-bond donors (Lipinski definition) is 0. The van der Waals surface area contributed by atoms with Gasteiger partial charge in [0.15, 0.2) is 0 Å². The van der Waals surface area contributed by atoms with E-state index in [1.54, 1.807) is 5.57 Å². The Kier molecular flexibility index (Phi) is 9.94. The van der Waals surface area contributed by atoms with Crippen molar-refractivity contribution in [1.29, 1.82) is 0 Å². The molecule has 4 aliphatic carbocycles. The van der Waals surface area contributed by atoms with Crippen LogP contribution in [0, 0.1) is 46.3 Å². The summed E-state index contributed by atoms with van der Waals surface area (Å²) in [6.45, 7) is 14.9. The molecule has 0 aromatic carbocycles. The molecule has 212 valence electrons. The average molecular weight is 513 g/mol. The van der Waals surface area contributed by atoms with Gasteiger partial charge in [-0.05, 0) is 97.7 Å². The van der Waals surface area contributed by atoms with Crippen molar-refractivity contribution in [3.8, 4) is 0 Å². The summed E-state index contributed by atoms with van der Waals surface area (Å²) in [6, 6.07) is 0. The zero-order chi connectivity index (χ0) is 26.6. The van der Waals surface area contributed by atoms with Gasteiger partial charge in [0, 0.05) is 12.8 Å². The monoisotopic (exact) mass is 512 g/mol. The van der Waals surface area contributed by atoms with Gasteiger partial charge in [-0.15, -0.1) is 0 Å². The van der Waals surface area contributed by atoms with E-state index in [4.69, 9.17) is 4.74 Å². The van der Waals surface area contributed by atoms with Crippen molar-refractivity contribution in [1.82, 2.24) is 0 Å². The maximum Gasteiger partial charge on any atom is 0.306 e. The van der Waals surface area contributed by atoms with Crippen LogP contribution in [0.15, 0.2) is 11.6 Å². The van der Waals surface area contributed by atoms with Gasteiger partial charge < -0.3 is 4.74 Å². The van der Waals surface area contributed by atoms with E-state index in [0.29, 0.717) is 17.3 Å². The molecular weight excluding hydrogens is 452 g/mol. The number of allylic oxidation sites excluding steroid dienone is 1. The zero-order valence-electron chi connectivity index (χ0n) is 25.5. The molecule has 0 aromatic rings. The standard InChI is InChI=1S/C35H60O2/c1-7-8-9-10-11-15-33(36)37-28-20-22-34(5)27(24-28)16-17-29-31-19-18-30(26(4)14-12-13-25(2)3)35(31,6)23-21-32(29)34/h16,25-26,28-32H,7-15,17-24H2,1-6H3/t26-,28+,29-,30+,31-,32-,34+,35+/m1/s1. The van der Waals surface area contributed by atoms with Crippen molar-refractivity contribution in [2.45, 2.75) is 157 Å². The van der Waals surface area contributed by atoms with Crippen LogP contribution in [0.3, 0.4) is 0 Å². The third kappa shape index (κ3) is 6.35. The first-order valence-electron chi connectivity index (χ1n) is 16.6. The van der Waals surface area contributed by atoms with Crippen LogP contribution in [0.25, 0.3) is 0 Å². The number of unbranched alkanes of at least 4 members (excludes halogenated alkanes) is 4. The molecule has 0 heterocycles. The number of rotatable bonds is 12. The molecule has 0 unspecified atom stereocenters. The number of carbonyl (C=O) groups excluding carboxylic acids is 1. The van der Waals surface area contributed by atoms with Crippen LogP contribution in [0.2, 0.25) is 0 Å². The molecule has 2 nitrogen and oxygen atoms in total. The average Bonchev–Trinajstić information content (AvgIpc) is 3.21. The molecule has 2 heteroatoms. The lowest BCUT2D eigenvalue weighted by Gasteiger charge is -2.58. The summed E-state index contributed by atoms with van der Waals surface area (Å²) in [5.41, 5.74) is 2.54. The summed E-state index contributed by atoms with van der Waals surface area (Å²) in [5.74, 6) is 5.34. The van der Waals surface area contributed by atoms with E-state index in [0.717, 1.165) is 61.2 Å². The first-order chi connectivity index (χ1) is 17.7. The lowest BCUT2D eigenvalue weighted by atomic mass is 9.47. The third-order valence-corrected chi connectivity index (χ3v) is 12.0. The quantitative estimate of drug-likeness (QED) is 0.148. The van der Waals surface area contributed by atoms with Gasteiger partial charge in [-0.2, -0.15) is 0 Å². The fraction of sp³-hybridized carbons (Fsp3) is 0.914. The Morgan fingerprint density at radius 1 is 0.946 bits per heavy atom. The Bertz CT molecular complexity index is 782. The Morgan fingerprint density at radius 3 is 2.49 bits per heavy atom. The molecular formula is C35H60O2.